The summed E-state index contributed by atoms with van der Waals surface area (Å²) < 4.78 is 6.00. The number of rotatable bonds is 3. The number of hydrogen-bond donors (Lipinski definition) is 2. The van der Waals surface area contributed by atoms with E-state index >= 15 is 0 Å². The van der Waals surface area contributed by atoms with Crippen molar-refractivity contribution in [3.63, 3.8) is 0 Å². The molecule has 0 saturated heterocycles. The number of aromatic amines is 1. The predicted octanol–water partition coefficient (Wildman–Crippen LogP) is 6.06. The summed E-state index contributed by atoms with van der Waals surface area (Å²) in [7, 11) is 0. The number of H-pyrrole nitrogens is 1. The van der Waals surface area contributed by atoms with Crippen molar-refractivity contribution >= 4 is 45.3 Å². The van der Waals surface area contributed by atoms with Gasteiger partial charge in [0, 0.05) is 17.3 Å². The van der Waals surface area contributed by atoms with Crippen molar-refractivity contribution in [2.24, 2.45) is 9.98 Å². The molecule has 3 heterocycles. The third kappa shape index (κ3) is 3.02. The molecule has 31 heavy (non-hydrogen) atoms. The first-order valence-corrected chi connectivity index (χ1v) is 10.4. The van der Waals surface area contributed by atoms with Crippen LogP contribution in [-0.4, -0.2) is 16.7 Å². The number of amidine groups is 2. The van der Waals surface area contributed by atoms with E-state index in [-0.39, 0.29) is 6.17 Å². The van der Waals surface area contributed by atoms with Gasteiger partial charge in [-0.2, -0.15) is 0 Å². The summed E-state index contributed by atoms with van der Waals surface area (Å²) in [5, 5.41) is 4.91. The summed E-state index contributed by atoms with van der Waals surface area (Å²) in [6.45, 7) is 0. The number of nitrogens with zero attached hydrogens (tertiary/aromatic N) is 2. The Kier molecular flexibility index (Phi) is 4.14. The normalized spacial score (nSPS) is 16.2. The minimum Gasteiger partial charge on any atom is -0.453 e. The Balaban J connectivity index is 1.56. The van der Waals surface area contributed by atoms with Crippen molar-refractivity contribution in [3.8, 4) is 0 Å². The summed E-state index contributed by atoms with van der Waals surface area (Å²) in [5.41, 5.74) is 5.24. The first-order valence-electron chi connectivity index (χ1n) is 9.99. The minimum absolute atomic E-state index is 0.357. The first-order chi connectivity index (χ1) is 15.3. The zero-order chi connectivity index (χ0) is 20.8. The van der Waals surface area contributed by atoms with Crippen LogP contribution in [0.2, 0.25) is 5.02 Å². The van der Waals surface area contributed by atoms with E-state index in [1.165, 1.54) is 0 Å². The number of hydrogen-bond acceptors (Lipinski definition) is 4. The molecule has 1 aliphatic rings. The maximum absolute atomic E-state index is 6.45. The van der Waals surface area contributed by atoms with Gasteiger partial charge in [-0.1, -0.05) is 72.3 Å². The average Bonchev–Trinajstić information content (AvgIpc) is 3.43. The average molecular weight is 425 g/mol. The molecule has 0 radical (unpaired) electrons. The quantitative estimate of drug-likeness (QED) is 0.369. The van der Waals surface area contributed by atoms with E-state index in [0.29, 0.717) is 10.6 Å². The van der Waals surface area contributed by atoms with E-state index in [9.17, 15) is 0 Å². The number of aromatic nitrogens is 1. The fourth-order valence-electron chi connectivity index (χ4n) is 3.95. The van der Waals surface area contributed by atoms with E-state index in [4.69, 9.17) is 26.0 Å². The van der Waals surface area contributed by atoms with Gasteiger partial charge < -0.3 is 14.7 Å². The van der Waals surface area contributed by atoms with E-state index in [2.05, 4.69) is 10.3 Å². The van der Waals surface area contributed by atoms with E-state index in [0.717, 1.165) is 44.8 Å². The van der Waals surface area contributed by atoms with Gasteiger partial charge in [-0.15, -0.1) is 0 Å². The molecule has 5 nitrogen and oxygen atoms in total. The molecule has 3 aromatic carbocycles. The highest BCUT2D eigenvalue weighted by atomic mass is 35.5. The lowest BCUT2D eigenvalue weighted by Crippen LogP contribution is -2.36. The number of furan rings is 1. The molecule has 150 valence electrons. The van der Waals surface area contributed by atoms with Crippen LogP contribution >= 0.6 is 11.6 Å². The summed E-state index contributed by atoms with van der Waals surface area (Å²) in [4.78, 5) is 13.1. The van der Waals surface area contributed by atoms with Gasteiger partial charge >= 0.3 is 0 Å². The highest BCUT2D eigenvalue weighted by Crippen LogP contribution is 2.36. The highest BCUT2D eigenvalue weighted by Gasteiger charge is 2.24. The summed E-state index contributed by atoms with van der Waals surface area (Å²) >= 11 is 6.45. The second kappa shape index (κ2) is 7.15. The molecule has 6 rings (SSSR count). The van der Waals surface area contributed by atoms with Gasteiger partial charge in [-0.3, -0.25) is 0 Å². The van der Waals surface area contributed by atoms with Crippen molar-refractivity contribution in [2.75, 3.05) is 0 Å². The third-order valence-electron chi connectivity index (χ3n) is 5.42. The van der Waals surface area contributed by atoms with Crippen molar-refractivity contribution in [1.29, 1.82) is 0 Å². The van der Waals surface area contributed by atoms with E-state index in [1.54, 1.807) is 0 Å². The zero-order valence-electron chi connectivity index (χ0n) is 16.3. The maximum Gasteiger partial charge on any atom is 0.169 e. The van der Waals surface area contributed by atoms with Crippen LogP contribution in [0.3, 0.4) is 0 Å². The lowest BCUT2D eigenvalue weighted by molar-refractivity contribution is 0.669. The lowest BCUT2D eigenvalue weighted by Gasteiger charge is -2.22. The van der Waals surface area contributed by atoms with Gasteiger partial charge in [0.05, 0.1) is 15.9 Å². The summed E-state index contributed by atoms with van der Waals surface area (Å²) in [6.07, 6.45) is 1.50. The number of halogens is 1. The molecule has 2 N–H and O–H groups in total. The minimum atomic E-state index is -0.357. The zero-order valence-corrected chi connectivity index (χ0v) is 17.1. The molecule has 0 aliphatic carbocycles. The topological polar surface area (TPSA) is 65.7 Å². The highest BCUT2D eigenvalue weighted by molar-refractivity contribution is 6.37. The molecular weight excluding hydrogens is 408 g/mol. The number of benzene rings is 3. The Bertz CT molecular complexity index is 1470. The SMILES string of the molecule is Clc1ccc(C2=NC(c3ccccc3)N=C(c3ccccc3)N2)c2c1oc1cc[nH]c12. The molecule has 0 saturated carbocycles. The summed E-state index contributed by atoms with van der Waals surface area (Å²) in [5.74, 6) is 1.50. The van der Waals surface area contributed by atoms with Crippen LogP contribution in [0, 0.1) is 0 Å². The molecule has 0 spiro atoms. The maximum atomic E-state index is 6.45. The van der Waals surface area contributed by atoms with Crippen LogP contribution in [-0.2, 0) is 0 Å². The number of fused-ring (bicyclic) bond motifs is 3. The Hall–Kier alpha value is -3.83. The van der Waals surface area contributed by atoms with Crippen LogP contribution in [0.15, 0.2) is 99.5 Å². The standard InChI is InChI=1S/C25H17ClN4O/c26-18-12-11-17(20-21-19(13-14-27-21)31-22(18)20)25-29-23(15-7-3-1-4-8-15)28-24(30-25)16-9-5-2-6-10-16/h1-14,23,27H,(H,28,29,30). The summed E-state index contributed by atoms with van der Waals surface area (Å²) in [6, 6.07) is 25.9. The third-order valence-corrected chi connectivity index (χ3v) is 5.72. The fourth-order valence-corrected chi connectivity index (χ4v) is 4.15. The lowest BCUT2D eigenvalue weighted by atomic mass is 10.1. The van der Waals surface area contributed by atoms with Crippen molar-refractivity contribution in [2.45, 2.75) is 6.17 Å². The van der Waals surface area contributed by atoms with Crippen molar-refractivity contribution < 1.29 is 4.42 Å². The second-order valence-electron chi connectivity index (χ2n) is 7.35. The van der Waals surface area contributed by atoms with Gasteiger partial charge in [0.2, 0.25) is 0 Å². The Labute approximate surface area is 183 Å². The molecule has 1 aliphatic heterocycles. The molecule has 5 aromatic rings. The van der Waals surface area contributed by atoms with Crippen molar-refractivity contribution in [3.05, 3.63) is 107 Å². The van der Waals surface area contributed by atoms with Crippen LogP contribution in [0.1, 0.15) is 22.9 Å². The Morgan fingerprint density at radius 1 is 0.806 bits per heavy atom. The Morgan fingerprint density at radius 2 is 1.55 bits per heavy atom. The molecule has 2 aromatic heterocycles. The molecule has 0 fully saturated rings. The molecular formula is C25H17ClN4O. The smallest absolute Gasteiger partial charge is 0.169 e. The van der Waals surface area contributed by atoms with Crippen LogP contribution in [0.5, 0.6) is 0 Å². The van der Waals surface area contributed by atoms with Crippen LogP contribution in [0.25, 0.3) is 22.1 Å². The Morgan fingerprint density at radius 3 is 2.35 bits per heavy atom. The van der Waals surface area contributed by atoms with E-state index in [1.807, 2.05) is 85.1 Å². The molecule has 0 bridgehead atoms. The largest absolute Gasteiger partial charge is 0.453 e. The fraction of sp³-hybridized carbons (Fsp3) is 0.0400. The predicted molar refractivity (Wildman–Crippen MR) is 125 cm³/mol. The van der Waals surface area contributed by atoms with Gasteiger partial charge in [0.25, 0.3) is 0 Å². The molecule has 6 heteroatoms. The number of aliphatic imine (C=N–C) groups is 2. The number of nitrogens with one attached hydrogen (secondary N) is 2. The molecule has 0 amide bonds. The van der Waals surface area contributed by atoms with Gasteiger partial charge in [0.15, 0.2) is 17.3 Å². The van der Waals surface area contributed by atoms with Crippen LogP contribution in [0.4, 0.5) is 0 Å². The van der Waals surface area contributed by atoms with Gasteiger partial charge in [-0.05, 0) is 23.8 Å². The monoisotopic (exact) mass is 424 g/mol. The van der Waals surface area contributed by atoms with Crippen molar-refractivity contribution in [1.82, 2.24) is 10.3 Å². The van der Waals surface area contributed by atoms with E-state index < -0.39 is 0 Å². The second-order valence-corrected chi connectivity index (χ2v) is 7.76. The molecule has 1 unspecified atom stereocenters. The van der Waals surface area contributed by atoms with Gasteiger partial charge in [0.1, 0.15) is 11.7 Å². The van der Waals surface area contributed by atoms with Crippen LogP contribution < -0.4 is 5.32 Å². The molecule has 1 atom stereocenters. The first kappa shape index (κ1) is 18.0. The van der Waals surface area contributed by atoms with Gasteiger partial charge in [-0.25, -0.2) is 9.98 Å².